The molecule has 2 aromatic heterocycles. The molecule has 0 amide bonds. The number of aromatic nitrogens is 4. The minimum atomic E-state index is -0.295. The molecule has 2 heterocycles. The van der Waals surface area contributed by atoms with Gasteiger partial charge < -0.3 is 4.74 Å². The van der Waals surface area contributed by atoms with Crippen molar-refractivity contribution < 1.29 is 9.13 Å². The maximum absolute atomic E-state index is 13.1. The van der Waals surface area contributed by atoms with Gasteiger partial charge >= 0.3 is 0 Å². The molecule has 6 heteroatoms. The van der Waals surface area contributed by atoms with Gasteiger partial charge in [0.15, 0.2) is 5.75 Å². The van der Waals surface area contributed by atoms with E-state index in [4.69, 9.17) is 9.72 Å². The van der Waals surface area contributed by atoms with Gasteiger partial charge in [-0.1, -0.05) is 41.6 Å². The maximum atomic E-state index is 13.1. The monoisotopic (exact) mass is 382 g/mol. The molecule has 0 saturated carbocycles. The number of para-hydroxylation sites is 2. The number of benzene rings is 3. The summed E-state index contributed by atoms with van der Waals surface area (Å²) in [7, 11) is 0. The minimum absolute atomic E-state index is 0.295. The summed E-state index contributed by atoms with van der Waals surface area (Å²) in [4.78, 5) is 4.76. The molecule has 0 spiro atoms. The van der Waals surface area contributed by atoms with E-state index in [9.17, 15) is 4.39 Å². The van der Waals surface area contributed by atoms with Crippen LogP contribution in [-0.4, -0.2) is 20.0 Å². The predicted octanol–water partition coefficient (Wildman–Crippen LogP) is 5.41. The van der Waals surface area contributed by atoms with E-state index in [-0.39, 0.29) is 5.82 Å². The van der Waals surface area contributed by atoms with Crippen molar-refractivity contribution in [2.45, 2.75) is 0 Å². The van der Waals surface area contributed by atoms with Crippen molar-refractivity contribution in [3.05, 3.63) is 96.9 Å². The minimum Gasteiger partial charge on any atom is -0.455 e. The van der Waals surface area contributed by atoms with Crippen LogP contribution in [0.25, 0.3) is 28.0 Å². The molecule has 0 aliphatic carbocycles. The van der Waals surface area contributed by atoms with E-state index in [1.807, 2.05) is 60.7 Å². The molecule has 0 radical (unpaired) electrons. The van der Waals surface area contributed by atoms with Gasteiger partial charge in [-0.3, -0.25) is 0 Å². The largest absolute Gasteiger partial charge is 0.455 e. The lowest BCUT2D eigenvalue weighted by Crippen LogP contribution is -1.94. The molecule has 5 nitrogen and oxygen atoms in total. The summed E-state index contributed by atoms with van der Waals surface area (Å²) in [5.41, 5.74) is 2.75. The van der Waals surface area contributed by atoms with Gasteiger partial charge in [0.25, 0.3) is 0 Å². The number of nitrogens with zero attached hydrogens (tertiary/aromatic N) is 4. The molecule has 140 valence electrons. The zero-order valence-corrected chi connectivity index (χ0v) is 15.2. The molecule has 5 aromatic rings. The van der Waals surface area contributed by atoms with E-state index in [2.05, 4.69) is 10.3 Å². The lowest BCUT2D eigenvalue weighted by Gasteiger charge is -2.09. The molecule has 0 fully saturated rings. The van der Waals surface area contributed by atoms with Crippen molar-refractivity contribution in [2.24, 2.45) is 0 Å². The standard InChI is InChI=1S/C23H15FN4O/c24-17-10-12-18(13-11-17)28-15-21(26-27-28)20-14-9-16-5-4-8-22(23(16)25-20)29-19-6-2-1-3-7-19/h1-15H. The summed E-state index contributed by atoms with van der Waals surface area (Å²) in [6.07, 6.45) is 1.77. The zero-order chi connectivity index (χ0) is 19.6. The Morgan fingerprint density at radius 3 is 2.41 bits per heavy atom. The molecular formula is C23H15FN4O. The van der Waals surface area contributed by atoms with E-state index in [0.29, 0.717) is 17.1 Å². The molecule has 5 rings (SSSR count). The number of hydrogen-bond acceptors (Lipinski definition) is 4. The molecule has 3 aromatic carbocycles. The molecule has 0 aliphatic heterocycles. The van der Waals surface area contributed by atoms with Crippen LogP contribution < -0.4 is 4.74 Å². The van der Waals surface area contributed by atoms with Crippen molar-refractivity contribution in [1.82, 2.24) is 20.0 Å². The van der Waals surface area contributed by atoms with Gasteiger partial charge in [0.1, 0.15) is 22.8 Å². The third-order valence-corrected chi connectivity index (χ3v) is 4.50. The van der Waals surface area contributed by atoms with E-state index < -0.39 is 0 Å². The molecule has 0 saturated heterocycles. The maximum Gasteiger partial charge on any atom is 0.153 e. The van der Waals surface area contributed by atoms with Gasteiger partial charge in [-0.05, 0) is 48.5 Å². The van der Waals surface area contributed by atoms with Crippen LogP contribution in [0.1, 0.15) is 0 Å². The molecule has 0 atom stereocenters. The molecule has 0 N–H and O–H groups in total. The number of ether oxygens (including phenoxy) is 1. The fourth-order valence-electron chi connectivity index (χ4n) is 3.06. The number of fused-ring (bicyclic) bond motifs is 1. The van der Waals surface area contributed by atoms with Crippen LogP contribution in [0.2, 0.25) is 0 Å². The second kappa shape index (κ2) is 7.16. The van der Waals surface area contributed by atoms with Gasteiger partial charge in [-0.15, -0.1) is 5.10 Å². The summed E-state index contributed by atoms with van der Waals surface area (Å²) in [6.45, 7) is 0. The number of rotatable bonds is 4. The Bertz CT molecular complexity index is 1280. The summed E-state index contributed by atoms with van der Waals surface area (Å²) in [5.74, 6) is 1.12. The van der Waals surface area contributed by atoms with Crippen LogP contribution in [0, 0.1) is 5.82 Å². The molecular weight excluding hydrogens is 367 g/mol. The SMILES string of the molecule is Fc1ccc(-n2cc(-c3ccc4cccc(Oc5ccccc5)c4n3)nn2)cc1. The van der Waals surface area contributed by atoms with Crippen molar-refractivity contribution in [1.29, 1.82) is 0 Å². The van der Waals surface area contributed by atoms with Crippen LogP contribution in [0.5, 0.6) is 11.5 Å². The van der Waals surface area contributed by atoms with Crippen LogP contribution in [-0.2, 0) is 0 Å². The van der Waals surface area contributed by atoms with Crippen molar-refractivity contribution >= 4 is 10.9 Å². The van der Waals surface area contributed by atoms with Gasteiger partial charge in [0.05, 0.1) is 17.6 Å². The quantitative estimate of drug-likeness (QED) is 0.417. The first-order chi connectivity index (χ1) is 14.3. The van der Waals surface area contributed by atoms with Crippen LogP contribution >= 0.6 is 0 Å². The number of hydrogen-bond donors (Lipinski definition) is 0. The molecule has 0 bridgehead atoms. The summed E-state index contributed by atoms with van der Waals surface area (Å²) < 4.78 is 20.8. The Hall–Kier alpha value is -4.06. The van der Waals surface area contributed by atoms with E-state index in [1.54, 1.807) is 23.0 Å². The second-order valence-electron chi connectivity index (χ2n) is 6.46. The lowest BCUT2D eigenvalue weighted by molar-refractivity contribution is 0.487. The predicted molar refractivity (Wildman–Crippen MR) is 109 cm³/mol. The highest BCUT2D eigenvalue weighted by atomic mass is 19.1. The van der Waals surface area contributed by atoms with Gasteiger partial charge in [0, 0.05) is 5.39 Å². The fourth-order valence-corrected chi connectivity index (χ4v) is 3.06. The van der Waals surface area contributed by atoms with Gasteiger partial charge in [-0.25, -0.2) is 14.1 Å². The first kappa shape index (κ1) is 17.1. The van der Waals surface area contributed by atoms with E-state index >= 15 is 0 Å². The number of pyridine rings is 1. The van der Waals surface area contributed by atoms with E-state index in [1.165, 1.54) is 12.1 Å². The Balaban J connectivity index is 1.53. The Labute approximate surface area is 166 Å². The second-order valence-corrected chi connectivity index (χ2v) is 6.46. The molecule has 0 unspecified atom stereocenters. The summed E-state index contributed by atoms with van der Waals surface area (Å²) >= 11 is 0. The third-order valence-electron chi connectivity index (χ3n) is 4.50. The fraction of sp³-hybridized carbons (Fsp3) is 0. The third kappa shape index (κ3) is 3.43. The normalized spacial score (nSPS) is 10.9. The smallest absolute Gasteiger partial charge is 0.153 e. The Morgan fingerprint density at radius 2 is 1.59 bits per heavy atom. The summed E-state index contributed by atoms with van der Waals surface area (Å²) in [6, 6.07) is 25.3. The van der Waals surface area contributed by atoms with E-state index in [0.717, 1.165) is 22.3 Å². The van der Waals surface area contributed by atoms with Crippen molar-refractivity contribution in [3.8, 4) is 28.6 Å². The Morgan fingerprint density at radius 1 is 0.759 bits per heavy atom. The highest BCUT2D eigenvalue weighted by Gasteiger charge is 2.11. The van der Waals surface area contributed by atoms with Gasteiger partial charge in [0.2, 0.25) is 0 Å². The van der Waals surface area contributed by atoms with Crippen LogP contribution in [0.4, 0.5) is 4.39 Å². The topological polar surface area (TPSA) is 52.8 Å². The molecule has 29 heavy (non-hydrogen) atoms. The highest BCUT2D eigenvalue weighted by Crippen LogP contribution is 2.30. The average Bonchev–Trinajstić information content (AvgIpc) is 3.25. The lowest BCUT2D eigenvalue weighted by atomic mass is 10.1. The van der Waals surface area contributed by atoms with Crippen molar-refractivity contribution in [2.75, 3.05) is 0 Å². The first-order valence-electron chi connectivity index (χ1n) is 9.08. The van der Waals surface area contributed by atoms with Crippen molar-refractivity contribution in [3.63, 3.8) is 0 Å². The number of halogens is 1. The highest BCUT2D eigenvalue weighted by molar-refractivity contribution is 5.86. The van der Waals surface area contributed by atoms with Crippen LogP contribution in [0.15, 0.2) is 91.1 Å². The van der Waals surface area contributed by atoms with Gasteiger partial charge in [-0.2, -0.15) is 0 Å². The summed E-state index contributed by atoms with van der Waals surface area (Å²) in [5, 5.41) is 9.32. The average molecular weight is 382 g/mol. The van der Waals surface area contributed by atoms with Crippen LogP contribution in [0.3, 0.4) is 0 Å². The first-order valence-corrected chi connectivity index (χ1v) is 9.08. The zero-order valence-electron chi connectivity index (χ0n) is 15.2. The Kier molecular flexibility index (Phi) is 4.22. The molecule has 0 aliphatic rings.